The molecule has 4 aromatic rings. The Morgan fingerprint density at radius 2 is 1.86 bits per heavy atom. The summed E-state index contributed by atoms with van der Waals surface area (Å²) in [4.78, 5) is 31.0. The van der Waals surface area contributed by atoms with E-state index in [4.69, 9.17) is 4.74 Å². The minimum Gasteiger partial charge on any atom is -0.467 e. The molecule has 28 heavy (non-hydrogen) atoms. The van der Waals surface area contributed by atoms with E-state index in [2.05, 4.69) is 20.9 Å². The number of ether oxygens (including phenoxy) is 1. The Kier molecular flexibility index (Phi) is 5.11. The third-order valence-electron chi connectivity index (χ3n) is 4.49. The fourth-order valence-electron chi connectivity index (χ4n) is 3.13. The maximum atomic E-state index is 13.4. The van der Waals surface area contributed by atoms with E-state index < -0.39 is 12.0 Å². The summed E-state index contributed by atoms with van der Waals surface area (Å²) in [7, 11) is 1.31. The summed E-state index contributed by atoms with van der Waals surface area (Å²) < 4.78 is 7.27. The molecule has 1 unspecified atom stereocenters. The number of thiophene rings is 1. The molecule has 0 bridgehead atoms. The summed E-state index contributed by atoms with van der Waals surface area (Å²) in [5, 5.41) is 2.42. The monoisotopic (exact) mass is 454 g/mol. The Balaban J connectivity index is 1.94. The third kappa shape index (κ3) is 3.27. The first-order valence-electron chi connectivity index (χ1n) is 8.47. The average Bonchev–Trinajstić information content (AvgIpc) is 3.16. The molecule has 0 aliphatic carbocycles. The van der Waals surface area contributed by atoms with Crippen LogP contribution in [-0.2, 0) is 9.53 Å². The van der Waals surface area contributed by atoms with E-state index in [1.807, 2.05) is 47.8 Å². The highest BCUT2D eigenvalue weighted by molar-refractivity contribution is 9.10. The lowest BCUT2D eigenvalue weighted by Gasteiger charge is -2.17. The second kappa shape index (κ2) is 7.69. The maximum absolute atomic E-state index is 13.4. The SMILES string of the molecule is COC(=O)C(c1ccccc1)n1cnc2scc(-c3ccc(Br)cc3)c2c1=O. The third-order valence-corrected chi connectivity index (χ3v) is 5.91. The van der Waals surface area contributed by atoms with Crippen LogP contribution in [0.25, 0.3) is 21.3 Å². The lowest BCUT2D eigenvalue weighted by molar-refractivity contribution is -0.143. The van der Waals surface area contributed by atoms with Crippen LogP contribution in [0.1, 0.15) is 11.6 Å². The molecule has 0 fully saturated rings. The quantitative estimate of drug-likeness (QED) is 0.421. The van der Waals surface area contributed by atoms with Crippen LogP contribution in [0, 0.1) is 0 Å². The molecule has 7 heteroatoms. The minimum atomic E-state index is -0.895. The number of carbonyl (C=O) groups is 1. The molecule has 0 amide bonds. The van der Waals surface area contributed by atoms with Crippen molar-refractivity contribution in [2.45, 2.75) is 6.04 Å². The molecule has 0 saturated heterocycles. The van der Waals surface area contributed by atoms with E-state index in [1.54, 1.807) is 12.1 Å². The van der Waals surface area contributed by atoms with Gasteiger partial charge in [-0.1, -0.05) is 58.4 Å². The van der Waals surface area contributed by atoms with Crippen LogP contribution in [0.4, 0.5) is 0 Å². The van der Waals surface area contributed by atoms with Crippen molar-refractivity contribution in [2.24, 2.45) is 0 Å². The fourth-order valence-corrected chi connectivity index (χ4v) is 4.30. The highest BCUT2D eigenvalue weighted by atomic mass is 79.9. The zero-order chi connectivity index (χ0) is 19.7. The van der Waals surface area contributed by atoms with Gasteiger partial charge in [0.1, 0.15) is 11.2 Å². The number of methoxy groups -OCH3 is 1. The zero-order valence-corrected chi connectivity index (χ0v) is 17.2. The van der Waals surface area contributed by atoms with Crippen molar-refractivity contribution in [3.8, 4) is 11.1 Å². The first kappa shape index (κ1) is 18.6. The van der Waals surface area contributed by atoms with Crippen molar-refractivity contribution in [3.05, 3.63) is 86.7 Å². The molecule has 0 N–H and O–H groups in total. The van der Waals surface area contributed by atoms with Gasteiger partial charge in [-0.2, -0.15) is 0 Å². The van der Waals surface area contributed by atoms with Gasteiger partial charge in [0.15, 0.2) is 6.04 Å². The molecule has 0 aliphatic heterocycles. The van der Waals surface area contributed by atoms with Crippen LogP contribution >= 0.6 is 27.3 Å². The number of hydrogen-bond acceptors (Lipinski definition) is 5. The van der Waals surface area contributed by atoms with Crippen LogP contribution in [0.3, 0.4) is 0 Å². The summed E-state index contributed by atoms with van der Waals surface area (Å²) in [6.07, 6.45) is 1.42. The Morgan fingerprint density at radius 1 is 1.14 bits per heavy atom. The van der Waals surface area contributed by atoms with Gasteiger partial charge in [-0.15, -0.1) is 11.3 Å². The van der Waals surface area contributed by atoms with Crippen molar-refractivity contribution in [1.29, 1.82) is 0 Å². The molecular weight excluding hydrogens is 440 g/mol. The van der Waals surface area contributed by atoms with Crippen LogP contribution in [-0.4, -0.2) is 22.6 Å². The Hall–Kier alpha value is -2.77. The standard InChI is InChI=1S/C21H15BrN2O3S/c1-27-21(26)18(14-5-3-2-4-6-14)24-12-23-19-17(20(24)25)16(11-28-19)13-7-9-15(22)10-8-13/h2-12,18H,1H3. The maximum Gasteiger partial charge on any atom is 0.333 e. The number of nitrogens with zero attached hydrogens (tertiary/aromatic N) is 2. The smallest absolute Gasteiger partial charge is 0.333 e. The van der Waals surface area contributed by atoms with Crippen molar-refractivity contribution < 1.29 is 9.53 Å². The number of carbonyl (C=O) groups excluding carboxylic acids is 1. The second-order valence-electron chi connectivity index (χ2n) is 6.13. The fraction of sp³-hybridized carbons (Fsp3) is 0.0952. The van der Waals surface area contributed by atoms with Gasteiger partial charge in [0.25, 0.3) is 5.56 Å². The molecule has 1 atom stereocenters. The van der Waals surface area contributed by atoms with Crippen LogP contribution in [0.2, 0.25) is 0 Å². The van der Waals surface area contributed by atoms with E-state index in [0.29, 0.717) is 15.8 Å². The Morgan fingerprint density at radius 3 is 2.54 bits per heavy atom. The molecule has 0 radical (unpaired) electrons. The van der Waals surface area contributed by atoms with Crippen molar-refractivity contribution in [2.75, 3.05) is 7.11 Å². The van der Waals surface area contributed by atoms with Gasteiger partial charge in [0.2, 0.25) is 0 Å². The predicted octanol–water partition coefficient (Wildman–Crippen LogP) is 4.65. The number of benzene rings is 2. The molecule has 0 saturated carbocycles. The van der Waals surface area contributed by atoms with Crippen molar-refractivity contribution in [3.63, 3.8) is 0 Å². The summed E-state index contributed by atoms with van der Waals surface area (Å²) >= 11 is 4.83. The Bertz CT molecular complexity index is 1200. The number of hydrogen-bond donors (Lipinski definition) is 0. The van der Waals surface area contributed by atoms with Crippen molar-refractivity contribution in [1.82, 2.24) is 9.55 Å². The summed E-state index contributed by atoms with van der Waals surface area (Å²) in [5.41, 5.74) is 2.11. The largest absolute Gasteiger partial charge is 0.467 e. The van der Waals surface area contributed by atoms with E-state index >= 15 is 0 Å². The first-order chi connectivity index (χ1) is 13.6. The van der Waals surface area contributed by atoms with Gasteiger partial charge >= 0.3 is 5.97 Å². The van der Waals surface area contributed by atoms with E-state index in [-0.39, 0.29) is 5.56 Å². The lowest BCUT2D eigenvalue weighted by atomic mass is 10.1. The first-order valence-corrected chi connectivity index (χ1v) is 10.1. The van der Waals surface area contributed by atoms with E-state index in [9.17, 15) is 9.59 Å². The molecule has 5 nitrogen and oxygen atoms in total. The van der Waals surface area contributed by atoms with Crippen LogP contribution < -0.4 is 5.56 Å². The minimum absolute atomic E-state index is 0.275. The van der Waals surface area contributed by atoms with Gasteiger partial charge in [-0.3, -0.25) is 9.36 Å². The summed E-state index contributed by atoms with van der Waals surface area (Å²) in [6.45, 7) is 0. The van der Waals surface area contributed by atoms with Crippen molar-refractivity contribution >= 4 is 43.5 Å². The highest BCUT2D eigenvalue weighted by Gasteiger charge is 2.26. The summed E-state index contributed by atoms with van der Waals surface area (Å²) in [6, 6.07) is 15.9. The molecule has 140 valence electrons. The van der Waals surface area contributed by atoms with Crippen LogP contribution in [0.5, 0.6) is 0 Å². The number of halogens is 1. The molecule has 2 heterocycles. The molecule has 0 spiro atoms. The lowest BCUT2D eigenvalue weighted by Crippen LogP contribution is -2.31. The second-order valence-corrected chi connectivity index (χ2v) is 7.90. The number of rotatable bonds is 4. The molecule has 4 rings (SSSR count). The van der Waals surface area contributed by atoms with E-state index in [1.165, 1.54) is 29.3 Å². The molecule has 0 aliphatic rings. The normalized spacial score (nSPS) is 12.1. The van der Waals surface area contributed by atoms with Gasteiger partial charge in [-0.25, -0.2) is 9.78 Å². The highest BCUT2D eigenvalue weighted by Crippen LogP contribution is 2.32. The molecule has 2 aromatic carbocycles. The Labute approximate surface area is 173 Å². The number of aromatic nitrogens is 2. The zero-order valence-electron chi connectivity index (χ0n) is 14.8. The van der Waals surface area contributed by atoms with Gasteiger partial charge in [0.05, 0.1) is 12.5 Å². The number of esters is 1. The average molecular weight is 455 g/mol. The topological polar surface area (TPSA) is 61.2 Å². The summed E-state index contributed by atoms with van der Waals surface area (Å²) in [5.74, 6) is -0.519. The molecule has 2 aromatic heterocycles. The molecular formula is C21H15BrN2O3S. The van der Waals surface area contributed by atoms with Gasteiger partial charge in [0, 0.05) is 15.4 Å². The van der Waals surface area contributed by atoms with Gasteiger partial charge < -0.3 is 4.74 Å². The van der Waals surface area contributed by atoms with Crippen LogP contribution in [0.15, 0.2) is 75.6 Å². The predicted molar refractivity (Wildman–Crippen MR) is 114 cm³/mol. The van der Waals surface area contributed by atoms with E-state index in [0.717, 1.165) is 15.6 Å². The van der Waals surface area contributed by atoms with Gasteiger partial charge in [-0.05, 0) is 23.3 Å². The number of fused-ring (bicyclic) bond motifs is 1.